The molecule has 4 nitrogen and oxygen atoms in total. The van der Waals surface area contributed by atoms with Gasteiger partial charge < -0.3 is 15.2 Å². The second-order valence-electron chi connectivity index (χ2n) is 5.75. The van der Waals surface area contributed by atoms with Crippen molar-refractivity contribution >= 4 is 5.91 Å². The number of amides is 1. The van der Waals surface area contributed by atoms with E-state index in [2.05, 4.69) is 19.2 Å². The normalized spacial score (nSPS) is 12.0. The van der Waals surface area contributed by atoms with E-state index in [1.54, 1.807) is 12.1 Å². The third-order valence-electron chi connectivity index (χ3n) is 3.64. The summed E-state index contributed by atoms with van der Waals surface area (Å²) in [6, 6.07) is 17.0. The molecule has 0 heterocycles. The van der Waals surface area contributed by atoms with Crippen LogP contribution in [0.1, 0.15) is 31.0 Å². The Morgan fingerprint density at radius 2 is 1.74 bits per heavy atom. The smallest absolute Gasteiger partial charge is 0.258 e. The third kappa shape index (κ3) is 4.83. The molecule has 2 N–H and O–H groups in total. The molecular formula is C19H23NO3. The van der Waals surface area contributed by atoms with Crippen LogP contribution in [0.3, 0.4) is 0 Å². The second kappa shape index (κ2) is 8.34. The van der Waals surface area contributed by atoms with Crippen LogP contribution in [0.4, 0.5) is 0 Å². The van der Waals surface area contributed by atoms with Gasteiger partial charge in [-0.25, -0.2) is 0 Å². The van der Waals surface area contributed by atoms with E-state index in [0.29, 0.717) is 11.3 Å². The molecule has 122 valence electrons. The van der Waals surface area contributed by atoms with E-state index in [9.17, 15) is 9.90 Å². The molecule has 1 amide bonds. The van der Waals surface area contributed by atoms with Crippen LogP contribution in [0.5, 0.6) is 5.75 Å². The average Bonchev–Trinajstić information content (AvgIpc) is 2.58. The number of carbonyl (C=O) groups is 1. The lowest BCUT2D eigenvalue weighted by atomic mass is 9.96. The van der Waals surface area contributed by atoms with Gasteiger partial charge in [0.2, 0.25) is 0 Å². The Labute approximate surface area is 137 Å². The van der Waals surface area contributed by atoms with Crippen molar-refractivity contribution in [2.75, 3.05) is 6.61 Å². The first-order valence-corrected chi connectivity index (χ1v) is 7.77. The Kier molecular flexibility index (Phi) is 6.18. The molecular weight excluding hydrogens is 290 g/mol. The molecule has 0 saturated heterocycles. The van der Waals surface area contributed by atoms with Crippen molar-refractivity contribution in [2.45, 2.75) is 26.5 Å². The van der Waals surface area contributed by atoms with Crippen molar-refractivity contribution in [3.8, 4) is 5.75 Å². The summed E-state index contributed by atoms with van der Waals surface area (Å²) in [6.45, 7) is 3.95. The van der Waals surface area contributed by atoms with Crippen molar-refractivity contribution in [2.24, 2.45) is 5.92 Å². The zero-order chi connectivity index (χ0) is 16.7. The molecule has 4 heteroatoms. The van der Waals surface area contributed by atoms with Gasteiger partial charge >= 0.3 is 0 Å². The number of hydrogen-bond donors (Lipinski definition) is 2. The molecule has 23 heavy (non-hydrogen) atoms. The third-order valence-corrected chi connectivity index (χ3v) is 3.64. The first-order valence-electron chi connectivity index (χ1n) is 7.77. The molecule has 0 aliphatic rings. The quantitative estimate of drug-likeness (QED) is 0.826. The Bertz CT molecular complexity index is 626. The monoisotopic (exact) mass is 313 g/mol. The molecule has 1 atom stereocenters. The van der Waals surface area contributed by atoms with Crippen molar-refractivity contribution < 1.29 is 14.6 Å². The van der Waals surface area contributed by atoms with Gasteiger partial charge in [-0.3, -0.25) is 4.79 Å². The minimum absolute atomic E-state index is 0.0552. The van der Waals surface area contributed by atoms with Crippen LogP contribution in [0, 0.1) is 5.92 Å². The highest BCUT2D eigenvalue weighted by Gasteiger charge is 2.18. The summed E-state index contributed by atoms with van der Waals surface area (Å²) in [5.41, 5.74) is 1.75. The summed E-state index contributed by atoms with van der Waals surface area (Å²) in [4.78, 5) is 12.2. The maximum atomic E-state index is 12.2. The topological polar surface area (TPSA) is 58.6 Å². The van der Waals surface area contributed by atoms with Crippen molar-refractivity contribution in [3.05, 3.63) is 65.7 Å². The highest BCUT2D eigenvalue weighted by Crippen LogP contribution is 2.21. The number of nitrogens with one attached hydrogen (secondary N) is 1. The van der Waals surface area contributed by atoms with E-state index in [1.807, 2.05) is 42.5 Å². The molecule has 0 aliphatic carbocycles. The van der Waals surface area contributed by atoms with Gasteiger partial charge in [-0.05, 0) is 17.5 Å². The van der Waals surface area contributed by atoms with E-state index < -0.39 is 0 Å². The maximum Gasteiger partial charge on any atom is 0.258 e. The van der Waals surface area contributed by atoms with Crippen molar-refractivity contribution in [1.29, 1.82) is 0 Å². The van der Waals surface area contributed by atoms with E-state index in [1.165, 1.54) is 0 Å². The Balaban J connectivity index is 1.97. The standard InChI is InChI=1S/C19H23NO3/c1-14(2)19(15-8-4-3-5-9-15)20-18(22)13-23-17-11-7-6-10-16(17)12-21/h3-11,14,19,21H,12-13H2,1-2H3,(H,20,22). The van der Waals surface area contributed by atoms with Crippen LogP contribution in [0.25, 0.3) is 0 Å². The molecule has 0 aliphatic heterocycles. The van der Waals surface area contributed by atoms with Crippen molar-refractivity contribution in [1.82, 2.24) is 5.32 Å². The molecule has 0 aromatic heterocycles. The van der Waals surface area contributed by atoms with Crippen LogP contribution in [0.2, 0.25) is 0 Å². The molecule has 0 fully saturated rings. The fraction of sp³-hybridized carbons (Fsp3) is 0.316. The minimum Gasteiger partial charge on any atom is -0.483 e. The largest absolute Gasteiger partial charge is 0.483 e. The molecule has 2 aromatic rings. The summed E-state index contributed by atoms with van der Waals surface area (Å²) in [7, 11) is 0. The first kappa shape index (κ1) is 17.0. The highest BCUT2D eigenvalue weighted by molar-refractivity contribution is 5.78. The van der Waals surface area contributed by atoms with Gasteiger partial charge in [-0.2, -0.15) is 0 Å². The average molecular weight is 313 g/mol. The van der Waals surface area contributed by atoms with Crippen LogP contribution in [-0.4, -0.2) is 17.6 Å². The van der Waals surface area contributed by atoms with Gasteiger partial charge in [0.15, 0.2) is 6.61 Å². The van der Waals surface area contributed by atoms with Crippen LogP contribution >= 0.6 is 0 Å². The molecule has 0 radical (unpaired) electrons. The van der Waals surface area contributed by atoms with E-state index in [0.717, 1.165) is 5.56 Å². The van der Waals surface area contributed by atoms with Gasteiger partial charge in [0, 0.05) is 5.56 Å². The highest BCUT2D eigenvalue weighted by atomic mass is 16.5. The molecule has 2 rings (SSSR count). The lowest BCUT2D eigenvalue weighted by molar-refractivity contribution is -0.124. The number of aliphatic hydroxyl groups excluding tert-OH is 1. The Morgan fingerprint density at radius 1 is 1.09 bits per heavy atom. The summed E-state index contributed by atoms with van der Waals surface area (Å²) < 4.78 is 5.53. The number of aliphatic hydroxyl groups is 1. The summed E-state index contributed by atoms with van der Waals surface area (Å²) >= 11 is 0. The second-order valence-corrected chi connectivity index (χ2v) is 5.75. The fourth-order valence-corrected chi connectivity index (χ4v) is 2.43. The van der Waals surface area contributed by atoms with Gasteiger partial charge in [0.1, 0.15) is 5.75 Å². The molecule has 1 unspecified atom stereocenters. The Hall–Kier alpha value is -2.33. The molecule has 0 saturated carbocycles. The predicted octanol–water partition coefficient (Wildman–Crippen LogP) is 3.07. The van der Waals surface area contributed by atoms with Gasteiger partial charge in [-0.1, -0.05) is 62.4 Å². The minimum atomic E-state index is -0.180. The number of benzene rings is 2. The van der Waals surface area contributed by atoms with Crippen LogP contribution < -0.4 is 10.1 Å². The lowest BCUT2D eigenvalue weighted by Gasteiger charge is -2.23. The number of para-hydroxylation sites is 1. The maximum absolute atomic E-state index is 12.2. The van der Waals surface area contributed by atoms with Gasteiger partial charge in [0.05, 0.1) is 12.6 Å². The predicted molar refractivity (Wildman–Crippen MR) is 90.0 cm³/mol. The van der Waals surface area contributed by atoms with Gasteiger partial charge in [0.25, 0.3) is 5.91 Å². The summed E-state index contributed by atoms with van der Waals surface area (Å²) in [5.74, 6) is 0.623. The van der Waals surface area contributed by atoms with Crippen LogP contribution in [0.15, 0.2) is 54.6 Å². The van der Waals surface area contributed by atoms with E-state index in [4.69, 9.17) is 4.74 Å². The summed E-state index contributed by atoms with van der Waals surface area (Å²) in [6.07, 6.45) is 0. The Morgan fingerprint density at radius 3 is 2.39 bits per heavy atom. The van der Waals surface area contributed by atoms with E-state index >= 15 is 0 Å². The SMILES string of the molecule is CC(C)C(NC(=O)COc1ccccc1CO)c1ccccc1. The summed E-state index contributed by atoms with van der Waals surface area (Å²) in [5, 5.41) is 12.3. The number of hydrogen-bond acceptors (Lipinski definition) is 3. The van der Waals surface area contributed by atoms with E-state index in [-0.39, 0.29) is 31.1 Å². The molecule has 2 aromatic carbocycles. The number of carbonyl (C=O) groups excluding carboxylic acids is 1. The van der Waals surface area contributed by atoms with Crippen molar-refractivity contribution in [3.63, 3.8) is 0 Å². The number of ether oxygens (including phenoxy) is 1. The zero-order valence-corrected chi connectivity index (χ0v) is 13.5. The first-order chi connectivity index (χ1) is 11.1. The fourth-order valence-electron chi connectivity index (χ4n) is 2.43. The molecule has 0 spiro atoms. The lowest BCUT2D eigenvalue weighted by Crippen LogP contribution is -2.35. The van der Waals surface area contributed by atoms with Gasteiger partial charge in [-0.15, -0.1) is 0 Å². The van der Waals surface area contributed by atoms with Crippen LogP contribution in [-0.2, 0) is 11.4 Å². The zero-order valence-electron chi connectivity index (χ0n) is 13.5. The number of rotatable bonds is 7. The molecule has 0 bridgehead atoms.